The minimum atomic E-state index is 0.739. The van der Waals surface area contributed by atoms with Crippen molar-refractivity contribution in [1.29, 1.82) is 0 Å². The summed E-state index contributed by atoms with van der Waals surface area (Å²) in [5.41, 5.74) is 9.08. The molecule has 0 bridgehead atoms. The lowest BCUT2D eigenvalue weighted by Gasteiger charge is -2.36. The maximum absolute atomic E-state index is 5.83. The Balaban J connectivity index is 1.62. The van der Waals surface area contributed by atoms with Crippen molar-refractivity contribution in [1.82, 2.24) is 4.90 Å². The summed E-state index contributed by atoms with van der Waals surface area (Å²) in [5.74, 6) is 0.858. The third-order valence-electron chi connectivity index (χ3n) is 4.17. The van der Waals surface area contributed by atoms with Crippen molar-refractivity contribution in [2.45, 2.75) is 6.54 Å². The molecular weight excluding hydrogens is 274 g/mol. The highest BCUT2D eigenvalue weighted by atomic mass is 16.5. The van der Waals surface area contributed by atoms with Crippen LogP contribution in [0.1, 0.15) is 5.56 Å². The summed E-state index contributed by atoms with van der Waals surface area (Å²) in [4.78, 5) is 4.87. The van der Waals surface area contributed by atoms with E-state index in [0.717, 1.165) is 49.8 Å². The van der Waals surface area contributed by atoms with E-state index < -0.39 is 0 Å². The van der Waals surface area contributed by atoms with Crippen LogP contribution in [0.3, 0.4) is 0 Å². The molecule has 1 aliphatic heterocycles. The number of nitrogens with zero attached hydrogens (tertiary/aromatic N) is 2. The van der Waals surface area contributed by atoms with Gasteiger partial charge in [0.25, 0.3) is 0 Å². The molecule has 0 unspecified atom stereocenters. The van der Waals surface area contributed by atoms with E-state index in [-0.39, 0.29) is 0 Å². The molecule has 0 aliphatic carbocycles. The minimum absolute atomic E-state index is 0.739. The van der Waals surface area contributed by atoms with Gasteiger partial charge in [-0.15, -0.1) is 0 Å². The molecule has 4 nitrogen and oxygen atoms in total. The summed E-state index contributed by atoms with van der Waals surface area (Å²) in [6, 6.07) is 16.5. The summed E-state index contributed by atoms with van der Waals surface area (Å²) >= 11 is 0. The predicted octanol–water partition coefficient (Wildman–Crippen LogP) is 2.60. The number of nitrogens with two attached hydrogens (primary N) is 1. The smallest absolute Gasteiger partial charge is 0.144 e. The zero-order valence-corrected chi connectivity index (χ0v) is 13.0. The van der Waals surface area contributed by atoms with E-state index in [9.17, 15) is 0 Å². The van der Waals surface area contributed by atoms with E-state index in [1.165, 1.54) is 5.56 Å². The third kappa shape index (κ3) is 3.34. The Kier molecular flexibility index (Phi) is 4.49. The van der Waals surface area contributed by atoms with E-state index in [2.05, 4.69) is 46.2 Å². The molecule has 4 heteroatoms. The number of benzene rings is 2. The fraction of sp³-hybridized carbons (Fsp3) is 0.333. The summed E-state index contributed by atoms with van der Waals surface area (Å²) in [6.45, 7) is 5.15. The summed E-state index contributed by atoms with van der Waals surface area (Å²) < 4.78 is 5.47. The fourth-order valence-electron chi connectivity index (χ4n) is 2.94. The van der Waals surface area contributed by atoms with Crippen LogP contribution in [0.15, 0.2) is 48.5 Å². The first-order valence-electron chi connectivity index (χ1n) is 7.71. The van der Waals surface area contributed by atoms with Gasteiger partial charge in [0.1, 0.15) is 5.75 Å². The normalized spacial score (nSPS) is 15.8. The SMILES string of the molecule is COc1cc(N)ccc1N1CCN(Cc2ccccc2)CC1. The van der Waals surface area contributed by atoms with E-state index in [0.29, 0.717) is 0 Å². The molecule has 1 saturated heterocycles. The molecule has 1 aliphatic rings. The highest BCUT2D eigenvalue weighted by molar-refractivity contribution is 5.64. The molecule has 1 fully saturated rings. The average Bonchev–Trinajstić information content (AvgIpc) is 2.56. The summed E-state index contributed by atoms with van der Waals surface area (Å²) in [7, 11) is 1.70. The predicted molar refractivity (Wildman–Crippen MR) is 91.3 cm³/mol. The zero-order valence-electron chi connectivity index (χ0n) is 13.0. The van der Waals surface area contributed by atoms with Gasteiger partial charge >= 0.3 is 0 Å². The number of hydrogen-bond acceptors (Lipinski definition) is 4. The first-order chi connectivity index (χ1) is 10.8. The largest absolute Gasteiger partial charge is 0.495 e. The number of anilines is 2. The molecule has 0 amide bonds. The van der Waals surface area contributed by atoms with Gasteiger partial charge in [-0.2, -0.15) is 0 Å². The molecule has 0 radical (unpaired) electrons. The van der Waals surface area contributed by atoms with Crippen molar-refractivity contribution >= 4 is 11.4 Å². The second-order valence-electron chi connectivity index (χ2n) is 5.68. The van der Waals surface area contributed by atoms with Crippen LogP contribution >= 0.6 is 0 Å². The van der Waals surface area contributed by atoms with Crippen LogP contribution in [0.25, 0.3) is 0 Å². The topological polar surface area (TPSA) is 41.7 Å². The number of rotatable bonds is 4. The number of ether oxygens (including phenoxy) is 1. The van der Waals surface area contributed by atoms with Gasteiger partial charge < -0.3 is 15.4 Å². The summed E-state index contributed by atoms with van der Waals surface area (Å²) in [5, 5.41) is 0. The molecule has 22 heavy (non-hydrogen) atoms. The van der Waals surface area contributed by atoms with Gasteiger partial charge in [-0.3, -0.25) is 4.90 Å². The average molecular weight is 297 g/mol. The van der Waals surface area contributed by atoms with Crippen LogP contribution in [-0.2, 0) is 6.54 Å². The molecule has 0 atom stereocenters. The maximum Gasteiger partial charge on any atom is 0.144 e. The fourth-order valence-corrected chi connectivity index (χ4v) is 2.94. The zero-order chi connectivity index (χ0) is 15.4. The molecule has 0 spiro atoms. The molecule has 2 aromatic carbocycles. The van der Waals surface area contributed by atoms with Gasteiger partial charge in [0.15, 0.2) is 0 Å². The number of piperazine rings is 1. The minimum Gasteiger partial charge on any atom is -0.495 e. The number of hydrogen-bond donors (Lipinski definition) is 1. The Bertz CT molecular complexity index is 607. The van der Waals surface area contributed by atoms with Gasteiger partial charge in [0.05, 0.1) is 12.8 Å². The Morgan fingerprint density at radius 3 is 2.41 bits per heavy atom. The lowest BCUT2D eigenvalue weighted by molar-refractivity contribution is 0.249. The quantitative estimate of drug-likeness (QED) is 0.881. The maximum atomic E-state index is 5.83. The molecule has 116 valence electrons. The molecule has 0 aromatic heterocycles. The Morgan fingerprint density at radius 2 is 1.73 bits per heavy atom. The standard InChI is InChI=1S/C18H23N3O/c1-22-18-13-16(19)7-8-17(18)21-11-9-20(10-12-21)14-15-5-3-2-4-6-15/h2-8,13H,9-12,14,19H2,1H3. The van der Waals surface area contributed by atoms with Crippen molar-refractivity contribution in [3.63, 3.8) is 0 Å². The lowest BCUT2D eigenvalue weighted by atomic mass is 10.2. The molecule has 1 heterocycles. The molecule has 2 N–H and O–H groups in total. The lowest BCUT2D eigenvalue weighted by Crippen LogP contribution is -2.46. The van der Waals surface area contributed by atoms with Crippen molar-refractivity contribution in [3.05, 3.63) is 54.1 Å². The highest BCUT2D eigenvalue weighted by Crippen LogP contribution is 2.31. The van der Waals surface area contributed by atoms with Crippen LogP contribution in [0, 0.1) is 0 Å². The second-order valence-corrected chi connectivity index (χ2v) is 5.68. The number of nitrogen functional groups attached to an aromatic ring is 1. The van der Waals surface area contributed by atoms with E-state index in [4.69, 9.17) is 10.5 Å². The monoisotopic (exact) mass is 297 g/mol. The van der Waals surface area contributed by atoms with Crippen molar-refractivity contribution in [2.75, 3.05) is 43.9 Å². The van der Waals surface area contributed by atoms with Crippen LogP contribution in [0.5, 0.6) is 5.75 Å². The van der Waals surface area contributed by atoms with Gasteiger partial charge in [-0.25, -0.2) is 0 Å². The van der Waals surface area contributed by atoms with Crippen LogP contribution in [0.2, 0.25) is 0 Å². The first kappa shape index (κ1) is 14.7. The highest BCUT2D eigenvalue weighted by Gasteiger charge is 2.19. The van der Waals surface area contributed by atoms with Crippen LogP contribution < -0.4 is 15.4 Å². The van der Waals surface area contributed by atoms with Crippen LogP contribution in [-0.4, -0.2) is 38.2 Å². The molecule has 3 rings (SSSR count). The Hall–Kier alpha value is -2.20. The Labute approximate surface area is 132 Å². The van der Waals surface area contributed by atoms with E-state index >= 15 is 0 Å². The van der Waals surface area contributed by atoms with Crippen molar-refractivity contribution in [2.24, 2.45) is 0 Å². The van der Waals surface area contributed by atoms with Gasteiger partial charge in [0, 0.05) is 44.5 Å². The number of methoxy groups -OCH3 is 1. The van der Waals surface area contributed by atoms with E-state index in [1.54, 1.807) is 7.11 Å². The van der Waals surface area contributed by atoms with E-state index in [1.807, 2.05) is 12.1 Å². The van der Waals surface area contributed by atoms with Crippen LogP contribution in [0.4, 0.5) is 11.4 Å². The van der Waals surface area contributed by atoms with Crippen molar-refractivity contribution in [3.8, 4) is 5.75 Å². The second kappa shape index (κ2) is 6.71. The molecule has 2 aromatic rings. The van der Waals surface area contributed by atoms with Gasteiger partial charge in [-0.1, -0.05) is 30.3 Å². The molecule has 0 saturated carbocycles. The first-order valence-corrected chi connectivity index (χ1v) is 7.71. The summed E-state index contributed by atoms with van der Waals surface area (Å²) in [6.07, 6.45) is 0. The third-order valence-corrected chi connectivity index (χ3v) is 4.17. The molecular formula is C18H23N3O. The van der Waals surface area contributed by atoms with Crippen molar-refractivity contribution < 1.29 is 4.74 Å². The van der Waals surface area contributed by atoms with Gasteiger partial charge in [-0.05, 0) is 17.7 Å². The Morgan fingerprint density at radius 1 is 1.00 bits per heavy atom. The van der Waals surface area contributed by atoms with Gasteiger partial charge in [0.2, 0.25) is 0 Å².